The predicted molar refractivity (Wildman–Crippen MR) is 167 cm³/mol. The van der Waals surface area contributed by atoms with Gasteiger partial charge in [0.05, 0.1) is 31.4 Å². The number of rotatable bonds is 4. The molecule has 0 saturated heterocycles. The van der Waals surface area contributed by atoms with Gasteiger partial charge in [-0.15, -0.1) is 5.54 Å². The van der Waals surface area contributed by atoms with Gasteiger partial charge in [-0.25, -0.2) is 4.79 Å². The highest BCUT2D eigenvalue weighted by Gasteiger charge is 2.40. The van der Waals surface area contributed by atoms with Crippen LogP contribution in [0.5, 0.6) is 11.5 Å². The summed E-state index contributed by atoms with van der Waals surface area (Å²) in [6.45, 7) is 7.10. The van der Waals surface area contributed by atoms with Gasteiger partial charge in [0.2, 0.25) is 0 Å². The van der Waals surface area contributed by atoms with E-state index in [2.05, 4.69) is 48.2 Å². The smallest absolute Gasteiger partial charge is 0.337 e. The van der Waals surface area contributed by atoms with Crippen LogP contribution in [0.25, 0.3) is 22.0 Å². The highest BCUT2D eigenvalue weighted by Crippen LogP contribution is 2.42. The first kappa shape index (κ1) is 28.6. The number of fused-ring (bicyclic) bond motifs is 4. The second-order valence-corrected chi connectivity index (χ2v) is 16.7. The summed E-state index contributed by atoms with van der Waals surface area (Å²) in [5.74, 6) is 3.59. The standard InChI is InChI=1S/C34H34N2O6Si/c1-40-34(39)22-7-5-21(6-8-22)33-32-27(19-25(20-37)36(33)31(38)13-16-43(2,3)4)26-17-23(9-11-28(26)35-32)24-10-12-29-30(18-24)42-15-14-41-29/h5-12,17-18,25,33,35,37H,14-15,19-20H2,1-4H3. The number of hydrogen-bond donors (Lipinski definition) is 2. The number of aromatic amines is 1. The SMILES string of the molecule is COC(=O)c1ccc(C2c3[nH]c4ccc(-c5ccc6c(c5)OCCO6)cc4c3CC(CO)N2C(=O)C#C[Si](C)(C)C)cc1. The molecule has 2 aliphatic rings. The molecule has 1 amide bonds. The monoisotopic (exact) mass is 594 g/mol. The molecule has 0 spiro atoms. The molecule has 4 aromatic rings. The first-order valence-corrected chi connectivity index (χ1v) is 17.9. The van der Waals surface area contributed by atoms with E-state index in [4.69, 9.17) is 14.2 Å². The molecule has 0 aliphatic carbocycles. The molecule has 1 aromatic heterocycles. The first-order valence-electron chi connectivity index (χ1n) is 14.4. The Morgan fingerprint density at radius 1 is 1.00 bits per heavy atom. The number of carbonyl (C=O) groups excluding carboxylic acids is 2. The van der Waals surface area contributed by atoms with Crippen molar-refractivity contribution in [3.05, 3.63) is 83.0 Å². The Balaban J connectivity index is 1.48. The largest absolute Gasteiger partial charge is 0.486 e. The van der Waals surface area contributed by atoms with Gasteiger partial charge in [0.15, 0.2) is 11.5 Å². The number of H-pyrrole nitrogens is 1. The number of carbonyl (C=O) groups is 2. The first-order chi connectivity index (χ1) is 20.7. The van der Waals surface area contributed by atoms with E-state index in [0.717, 1.165) is 50.3 Å². The minimum Gasteiger partial charge on any atom is -0.486 e. The second kappa shape index (κ2) is 11.3. The predicted octanol–water partition coefficient (Wildman–Crippen LogP) is 5.11. The van der Waals surface area contributed by atoms with Crippen LogP contribution >= 0.6 is 0 Å². The van der Waals surface area contributed by atoms with E-state index in [9.17, 15) is 14.7 Å². The maximum atomic E-state index is 13.8. The summed E-state index contributed by atoms with van der Waals surface area (Å²) in [7, 11) is -0.490. The Kier molecular flexibility index (Phi) is 7.50. The number of aromatic nitrogens is 1. The highest BCUT2D eigenvalue weighted by atomic mass is 28.3. The van der Waals surface area contributed by atoms with E-state index in [1.165, 1.54) is 7.11 Å². The molecular weight excluding hydrogens is 560 g/mol. The van der Waals surface area contributed by atoms with E-state index in [-0.39, 0.29) is 12.5 Å². The molecule has 3 heterocycles. The number of hydrogen-bond acceptors (Lipinski definition) is 6. The zero-order chi connectivity index (χ0) is 30.3. The number of methoxy groups -OCH3 is 1. The van der Waals surface area contributed by atoms with Crippen LogP contribution in [0.15, 0.2) is 60.7 Å². The van der Waals surface area contributed by atoms with Crippen LogP contribution in [0.1, 0.15) is 33.2 Å². The van der Waals surface area contributed by atoms with Gasteiger partial charge in [-0.3, -0.25) is 4.79 Å². The number of benzene rings is 3. The van der Waals surface area contributed by atoms with Gasteiger partial charge in [-0.05, 0) is 71.0 Å². The van der Waals surface area contributed by atoms with Crippen LogP contribution in [0.4, 0.5) is 0 Å². The van der Waals surface area contributed by atoms with Gasteiger partial charge in [0.25, 0.3) is 5.91 Å². The van der Waals surface area contributed by atoms with Gasteiger partial charge in [0, 0.05) is 16.6 Å². The van der Waals surface area contributed by atoms with E-state index >= 15 is 0 Å². The average molecular weight is 595 g/mol. The van der Waals surface area contributed by atoms with Crippen LogP contribution in [0.3, 0.4) is 0 Å². The van der Waals surface area contributed by atoms with Gasteiger partial charge in [-0.1, -0.05) is 43.9 Å². The third-order valence-electron chi connectivity index (χ3n) is 7.84. The molecule has 0 fully saturated rings. The normalized spacial score (nSPS) is 17.6. The van der Waals surface area contributed by atoms with Crippen LogP contribution in [-0.4, -0.2) is 67.9 Å². The third kappa shape index (κ3) is 5.52. The molecular formula is C34H34N2O6Si. The number of aliphatic hydroxyl groups excluding tert-OH is 1. The number of aliphatic hydroxyl groups is 1. The Morgan fingerprint density at radius 2 is 1.70 bits per heavy atom. The van der Waals surface area contributed by atoms with Crippen molar-refractivity contribution >= 4 is 30.9 Å². The summed E-state index contributed by atoms with van der Waals surface area (Å²) in [5.41, 5.74) is 9.27. The topological polar surface area (TPSA) is 101 Å². The Labute approximate surface area is 251 Å². The molecule has 8 nitrogen and oxygen atoms in total. The zero-order valence-electron chi connectivity index (χ0n) is 24.7. The fraction of sp³-hybridized carbons (Fsp3) is 0.294. The lowest BCUT2D eigenvalue weighted by atomic mass is 9.87. The molecule has 2 unspecified atom stereocenters. The van der Waals surface area contributed by atoms with E-state index in [0.29, 0.717) is 25.2 Å². The van der Waals surface area contributed by atoms with E-state index < -0.39 is 26.1 Å². The maximum Gasteiger partial charge on any atom is 0.337 e. The van der Waals surface area contributed by atoms with Crippen molar-refractivity contribution in [2.45, 2.75) is 38.1 Å². The summed E-state index contributed by atoms with van der Waals surface area (Å²) >= 11 is 0. The van der Waals surface area contributed by atoms with Crippen LogP contribution in [0.2, 0.25) is 19.6 Å². The van der Waals surface area contributed by atoms with Crippen LogP contribution in [-0.2, 0) is 16.0 Å². The van der Waals surface area contributed by atoms with Crippen LogP contribution < -0.4 is 9.47 Å². The summed E-state index contributed by atoms with van der Waals surface area (Å²) in [6, 6.07) is 18.2. The molecule has 2 atom stereocenters. The number of esters is 1. The highest BCUT2D eigenvalue weighted by molar-refractivity contribution is 6.84. The lowest BCUT2D eigenvalue weighted by Crippen LogP contribution is -2.49. The van der Waals surface area contributed by atoms with Gasteiger partial charge < -0.3 is 29.2 Å². The van der Waals surface area contributed by atoms with Crippen molar-refractivity contribution in [3.63, 3.8) is 0 Å². The second-order valence-electron chi connectivity index (χ2n) is 11.9. The van der Waals surface area contributed by atoms with Crippen molar-refractivity contribution < 1.29 is 28.9 Å². The number of amides is 1. The fourth-order valence-electron chi connectivity index (χ4n) is 5.80. The summed E-state index contributed by atoms with van der Waals surface area (Å²) in [6.07, 6.45) is 0.466. The van der Waals surface area contributed by atoms with Crippen molar-refractivity contribution in [1.29, 1.82) is 0 Å². The Bertz CT molecular complexity index is 1780. The van der Waals surface area contributed by atoms with Crippen molar-refractivity contribution in [1.82, 2.24) is 9.88 Å². The quantitative estimate of drug-likeness (QED) is 0.194. The molecule has 0 bridgehead atoms. The van der Waals surface area contributed by atoms with Crippen molar-refractivity contribution in [2.75, 3.05) is 26.9 Å². The molecule has 0 saturated carbocycles. The number of nitrogens with zero attached hydrogens (tertiary/aromatic N) is 1. The minimum absolute atomic E-state index is 0.217. The molecule has 220 valence electrons. The minimum atomic E-state index is -1.83. The van der Waals surface area contributed by atoms with Crippen molar-refractivity contribution in [2.24, 2.45) is 0 Å². The maximum absolute atomic E-state index is 13.8. The van der Waals surface area contributed by atoms with Gasteiger partial charge in [0.1, 0.15) is 21.3 Å². The number of ether oxygens (including phenoxy) is 3. The van der Waals surface area contributed by atoms with Crippen LogP contribution in [0, 0.1) is 11.5 Å². The zero-order valence-corrected chi connectivity index (χ0v) is 25.7. The summed E-state index contributed by atoms with van der Waals surface area (Å²) in [5, 5.41) is 11.6. The third-order valence-corrected chi connectivity index (χ3v) is 8.71. The molecule has 3 aromatic carbocycles. The van der Waals surface area contributed by atoms with Gasteiger partial charge in [-0.2, -0.15) is 0 Å². The Hall–Kier alpha value is -4.52. The number of nitrogens with one attached hydrogen (secondary N) is 1. The lowest BCUT2D eigenvalue weighted by molar-refractivity contribution is -0.131. The van der Waals surface area contributed by atoms with E-state index in [1.54, 1.807) is 17.0 Å². The molecule has 0 radical (unpaired) electrons. The molecule has 2 aliphatic heterocycles. The summed E-state index contributed by atoms with van der Waals surface area (Å²) in [4.78, 5) is 31.2. The Morgan fingerprint density at radius 3 is 2.40 bits per heavy atom. The average Bonchev–Trinajstić information content (AvgIpc) is 3.39. The summed E-state index contributed by atoms with van der Waals surface area (Å²) < 4.78 is 16.4. The molecule has 9 heteroatoms. The molecule has 43 heavy (non-hydrogen) atoms. The fourth-order valence-corrected chi connectivity index (χ4v) is 6.28. The van der Waals surface area contributed by atoms with E-state index in [1.807, 2.05) is 36.4 Å². The molecule has 6 rings (SSSR count). The van der Waals surface area contributed by atoms with Gasteiger partial charge >= 0.3 is 5.97 Å². The molecule has 2 N–H and O–H groups in total. The lowest BCUT2D eigenvalue weighted by Gasteiger charge is -2.40. The van der Waals surface area contributed by atoms with Crippen molar-refractivity contribution in [3.8, 4) is 34.1 Å².